The predicted molar refractivity (Wildman–Crippen MR) is 86.0 cm³/mol. The van der Waals surface area contributed by atoms with E-state index in [2.05, 4.69) is 27.1 Å². The van der Waals surface area contributed by atoms with Crippen molar-refractivity contribution in [3.05, 3.63) is 70.8 Å². The molecule has 0 atom stereocenters. The second kappa shape index (κ2) is 5.94. The van der Waals surface area contributed by atoms with Crippen LogP contribution in [0.5, 0.6) is 0 Å². The van der Waals surface area contributed by atoms with Crippen molar-refractivity contribution in [1.82, 2.24) is 9.78 Å². The predicted octanol–water partition coefficient (Wildman–Crippen LogP) is 4.37. The molecule has 0 spiro atoms. The lowest BCUT2D eigenvalue weighted by Gasteiger charge is -2.01. The number of nitrogens with zero attached hydrogens (tertiary/aromatic N) is 3. The molecule has 2 aromatic carbocycles. The third kappa shape index (κ3) is 2.88. The van der Waals surface area contributed by atoms with Crippen LogP contribution in [-0.2, 0) is 6.42 Å². The topological polar surface area (TPSA) is 41.6 Å². The molecule has 0 fully saturated rings. The normalized spacial score (nSPS) is 10.3. The first-order valence-electron chi connectivity index (χ1n) is 6.55. The van der Waals surface area contributed by atoms with Crippen molar-refractivity contribution in [3.63, 3.8) is 0 Å². The maximum absolute atomic E-state index is 9.01. The molecule has 3 rings (SSSR count). The molecule has 21 heavy (non-hydrogen) atoms. The number of aromatic nitrogens is 2. The minimum absolute atomic E-state index is 0.348. The Labute approximate surface area is 131 Å². The maximum atomic E-state index is 9.01. The molecule has 102 valence electrons. The van der Waals surface area contributed by atoms with Crippen molar-refractivity contribution < 1.29 is 0 Å². The van der Waals surface area contributed by atoms with E-state index in [0.717, 1.165) is 27.0 Å². The second-order valence-corrected chi connectivity index (χ2v) is 5.54. The van der Waals surface area contributed by atoms with Gasteiger partial charge in [-0.1, -0.05) is 46.3 Å². The summed E-state index contributed by atoms with van der Waals surface area (Å²) < 4.78 is 2.85. The number of benzene rings is 2. The SMILES string of the molecule is N#CCc1cn(-c2ccc(Br)cc2)nc1-c1ccccc1. The van der Waals surface area contributed by atoms with E-state index in [9.17, 15) is 0 Å². The molecule has 0 N–H and O–H groups in total. The number of halogens is 1. The Bertz CT molecular complexity index is 783. The third-order valence-electron chi connectivity index (χ3n) is 3.20. The molecular weight excluding hydrogens is 326 g/mol. The fourth-order valence-electron chi connectivity index (χ4n) is 2.19. The van der Waals surface area contributed by atoms with Gasteiger partial charge in [0.15, 0.2) is 0 Å². The summed E-state index contributed by atoms with van der Waals surface area (Å²) in [5, 5.41) is 13.7. The summed E-state index contributed by atoms with van der Waals surface area (Å²) in [4.78, 5) is 0. The molecule has 0 aliphatic rings. The van der Waals surface area contributed by atoms with Crippen molar-refractivity contribution >= 4 is 15.9 Å². The van der Waals surface area contributed by atoms with Gasteiger partial charge in [-0.05, 0) is 24.3 Å². The van der Waals surface area contributed by atoms with E-state index < -0.39 is 0 Å². The highest BCUT2D eigenvalue weighted by molar-refractivity contribution is 9.10. The zero-order chi connectivity index (χ0) is 14.7. The monoisotopic (exact) mass is 337 g/mol. The van der Waals surface area contributed by atoms with Gasteiger partial charge in [-0.2, -0.15) is 10.4 Å². The highest BCUT2D eigenvalue weighted by Gasteiger charge is 2.11. The van der Waals surface area contributed by atoms with E-state index in [1.807, 2.05) is 65.5 Å². The van der Waals surface area contributed by atoms with Gasteiger partial charge in [0, 0.05) is 21.8 Å². The minimum Gasteiger partial charge on any atom is -0.240 e. The van der Waals surface area contributed by atoms with Gasteiger partial charge >= 0.3 is 0 Å². The standard InChI is InChI=1S/C17H12BrN3/c18-15-6-8-16(9-7-15)21-12-14(10-11-19)17(20-21)13-4-2-1-3-5-13/h1-9,12H,10H2. The van der Waals surface area contributed by atoms with E-state index in [-0.39, 0.29) is 0 Å². The molecule has 0 bridgehead atoms. The minimum atomic E-state index is 0.348. The summed E-state index contributed by atoms with van der Waals surface area (Å²) in [6, 6.07) is 20.1. The highest BCUT2D eigenvalue weighted by atomic mass is 79.9. The van der Waals surface area contributed by atoms with Crippen molar-refractivity contribution in [3.8, 4) is 23.0 Å². The van der Waals surface area contributed by atoms with Crippen LogP contribution in [0.2, 0.25) is 0 Å². The first-order chi connectivity index (χ1) is 10.3. The molecule has 0 saturated heterocycles. The molecule has 0 saturated carbocycles. The molecule has 3 nitrogen and oxygen atoms in total. The molecule has 1 aromatic heterocycles. The van der Waals surface area contributed by atoms with Gasteiger partial charge in [-0.3, -0.25) is 0 Å². The summed E-state index contributed by atoms with van der Waals surface area (Å²) >= 11 is 3.43. The molecule has 0 radical (unpaired) electrons. The Morgan fingerprint density at radius 2 is 1.76 bits per heavy atom. The van der Waals surface area contributed by atoms with E-state index >= 15 is 0 Å². The summed E-state index contributed by atoms with van der Waals surface area (Å²) in [5.41, 5.74) is 3.80. The van der Waals surface area contributed by atoms with Crippen LogP contribution in [0.1, 0.15) is 5.56 Å². The van der Waals surface area contributed by atoms with Crippen molar-refractivity contribution in [2.24, 2.45) is 0 Å². The number of rotatable bonds is 3. The van der Waals surface area contributed by atoms with Crippen LogP contribution in [0.4, 0.5) is 0 Å². The number of hydrogen-bond acceptors (Lipinski definition) is 2. The van der Waals surface area contributed by atoms with E-state index in [4.69, 9.17) is 5.26 Å². The van der Waals surface area contributed by atoms with Crippen LogP contribution in [0.3, 0.4) is 0 Å². The second-order valence-electron chi connectivity index (χ2n) is 4.62. The molecule has 1 heterocycles. The summed E-state index contributed by atoms with van der Waals surface area (Å²) in [6.45, 7) is 0. The van der Waals surface area contributed by atoms with Gasteiger partial charge in [0.25, 0.3) is 0 Å². The van der Waals surface area contributed by atoms with Gasteiger partial charge in [-0.25, -0.2) is 4.68 Å². The molecule has 3 aromatic rings. The number of hydrogen-bond donors (Lipinski definition) is 0. The first-order valence-corrected chi connectivity index (χ1v) is 7.34. The van der Waals surface area contributed by atoms with Gasteiger partial charge < -0.3 is 0 Å². The quantitative estimate of drug-likeness (QED) is 0.712. The van der Waals surface area contributed by atoms with Crippen molar-refractivity contribution in [2.45, 2.75) is 6.42 Å². The van der Waals surface area contributed by atoms with Crippen molar-refractivity contribution in [2.75, 3.05) is 0 Å². The molecule has 0 amide bonds. The zero-order valence-corrected chi connectivity index (χ0v) is 12.8. The van der Waals surface area contributed by atoms with Gasteiger partial charge in [0.2, 0.25) is 0 Å². The average molecular weight is 338 g/mol. The molecule has 0 unspecified atom stereocenters. The molecular formula is C17H12BrN3. The molecule has 4 heteroatoms. The van der Waals surface area contributed by atoms with Crippen LogP contribution >= 0.6 is 15.9 Å². The summed E-state index contributed by atoms with van der Waals surface area (Å²) in [5.74, 6) is 0. The summed E-state index contributed by atoms with van der Waals surface area (Å²) in [7, 11) is 0. The van der Waals surface area contributed by atoms with Crippen LogP contribution in [0, 0.1) is 11.3 Å². The van der Waals surface area contributed by atoms with Gasteiger partial charge in [0.1, 0.15) is 0 Å². The van der Waals surface area contributed by atoms with Crippen LogP contribution in [0.25, 0.3) is 16.9 Å². The smallest absolute Gasteiger partial charge is 0.0970 e. The number of nitriles is 1. The third-order valence-corrected chi connectivity index (χ3v) is 3.73. The van der Waals surface area contributed by atoms with E-state index in [1.54, 1.807) is 0 Å². The average Bonchev–Trinajstić information content (AvgIpc) is 2.93. The van der Waals surface area contributed by atoms with Crippen molar-refractivity contribution in [1.29, 1.82) is 5.26 Å². The fourth-order valence-corrected chi connectivity index (χ4v) is 2.45. The largest absolute Gasteiger partial charge is 0.240 e. The zero-order valence-electron chi connectivity index (χ0n) is 11.2. The van der Waals surface area contributed by atoms with E-state index in [0.29, 0.717) is 6.42 Å². The Morgan fingerprint density at radius 3 is 2.43 bits per heavy atom. The van der Waals surface area contributed by atoms with Crippen LogP contribution in [0.15, 0.2) is 65.3 Å². The highest BCUT2D eigenvalue weighted by Crippen LogP contribution is 2.24. The Kier molecular flexibility index (Phi) is 3.85. The lowest BCUT2D eigenvalue weighted by atomic mass is 10.1. The van der Waals surface area contributed by atoms with Gasteiger partial charge in [0.05, 0.1) is 23.9 Å². The fraction of sp³-hybridized carbons (Fsp3) is 0.0588. The first kappa shape index (κ1) is 13.6. The molecule has 0 aliphatic carbocycles. The van der Waals surface area contributed by atoms with E-state index in [1.165, 1.54) is 0 Å². The lowest BCUT2D eigenvalue weighted by Crippen LogP contribution is -1.94. The van der Waals surface area contributed by atoms with Crippen LogP contribution in [-0.4, -0.2) is 9.78 Å². The summed E-state index contributed by atoms with van der Waals surface area (Å²) in [6.07, 6.45) is 2.27. The lowest BCUT2D eigenvalue weighted by molar-refractivity contribution is 0.883. The Morgan fingerprint density at radius 1 is 1.05 bits per heavy atom. The van der Waals surface area contributed by atoms with Crippen LogP contribution < -0.4 is 0 Å². The molecule has 0 aliphatic heterocycles. The Hall–Kier alpha value is -2.38. The Balaban J connectivity index is 2.09. The van der Waals surface area contributed by atoms with Gasteiger partial charge in [-0.15, -0.1) is 0 Å². The maximum Gasteiger partial charge on any atom is 0.0970 e.